The van der Waals surface area contributed by atoms with Gasteiger partial charge >= 0.3 is 0 Å². The lowest BCUT2D eigenvalue weighted by Crippen LogP contribution is -2.53. The van der Waals surface area contributed by atoms with Crippen LogP contribution in [0.15, 0.2) is 0 Å². The summed E-state index contributed by atoms with van der Waals surface area (Å²) in [5, 5.41) is 2.71. The van der Waals surface area contributed by atoms with Crippen molar-refractivity contribution in [3.8, 4) is 0 Å². The van der Waals surface area contributed by atoms with Crippen molar-refractivity contribution in [2.75, 3.05) is 52.4 Å². The number of nitrogens with zero attached hydrogens (tertiary/aromatic N) is 3. The van der Waals surface area contributed by atoms with Crippen molar-refractivity contribution < 1.29 is 14.4 Å². The monoisotopic (exact) mass is 366 g/mol. The van der Waals surface area contributed by atoms with Gasteiger partial charge in [-0.05, 0) is 12.8 Å². The first kappa shape index (κ1) is 20.7. The molecule has 0 aromatic carbocycles. The highest BCUT2D eigenvalue weighted by molar-refractivity contribution is 5.87. The molecule has 2 aliphatic heterocycles. The number of nitrogens with one attached hydrogen (secondary N) is 1. The second kappa shape index (κ2) is 9.35. The maximum Gasteiger partial charge on any atom is 0.242 e. The Morgan fingerprint density at radius 3 is 1.85 bits per heavy atom. The van der Waals surface area contributed by atoms with E-state index in [4.69, 9.17) is 0 Å². The molecule has 2 fully saturated rings. The quantitative estimate of drug-likeness (QED) is 0.795. The number of piperazine rings is 1. The van der Waals surface area contributed by atoms with Crippen molar-refractivity contribution in [3.05, 3.63) is 0 Å². The van der Waals surface area contributed by atoms with Gasteiger partial charge in [-0.1, -0.05) is 33.6 Å². The fourth-order valence-electron chi connectivity index (χ4n) is 3.30. The average Bonchev–Trinajstić information content (AvgIpc) is 2.88. The summed E-state index contributed by atoms with van der Waals surface area (Å²) < 4.78 is 0. The van der Waals surface area contributed by atoms with Crippen molar-refractivity contribution >= 4 is 17.7 Å². The molecule has 0 aromatic rings. The zero-order chi connectivity index (χ0) is 19.2. The van der Waals surface area contributed by atoms with Crippen LogP contribution in [-0.2, 0) is 14.4 Å². The molecule has 1 N–H and O–H groups in total. The molecule has 7 nitrogen and oxygen atoms in total. The first-order chi connectivity index (χ1) is 12.3. The van der Waals surface area contributed by atoms with Gasteiger partial charge in [-0.3, -0.25) is 19.3 Å². The van der Waals surface area contributed by atoms with Crippen LogP contribution in [-0.4, -0.2) is 84.8 Å². The Morgan fingerprint density at radius 2 is 1.31 bits per heavy atom. The van der Waals surface area contributed by atoms with Gasteiger partial charge in [0, 0.05) is 44.7 Å². The van der Waals surface area contributed by atoms with E-state index < -0.39 is 5.41 Å². The fourth-order valence-corrected chi connectivity index (χ4v) is 3.30. The molecule has 148 valence electrons. The minimum absolute atomic E-state index is 0.0445. The van der Waals surface area contributed by atoms with E-state index in [0.717, 1.165) is 25.9 Å². The van der Waals surface area contributed by atoms with Crippen LogP contribution in [0.2, 0.25) is 0 Å². The molecular formula is C19H34N4O3. The molecule has 2 rings (SSSR count). The lowest BCUT2D eigenvalue weighted by Gasteiger charge is -2.35. The lowest BCUT2D eigenvalue weighted by molar-refractivity contribution is -0.137. The summed E-state index contributed by atoms with van der Waals surface area (Å²) in [5.74, 6) is 0.0396. The van der Waals surface area contributed by atoms with E-state index in [1.165, 1.54) is 12.8 Å². The highest BCUT2D eigenvalue weighted by Gasteiger charge is 2.26. The van der Waals surface area contributed by atoms with Gasteiger partial charge in [0.25, 0.3) is 0 Å². The molecule has 3 amide bonds. The summed E-state index contributed by atoms with van der Waals surface area (Å²) in [6.07, 6.45) is 4.65. The maximum atomic E-state index is 12.5. The van der Waals surface area contributed by atoms with Crippen molar-refractivity contribution in [1.29, 1.82) is 0 Å². The van der Waals surface area contributed by atoms with E-state index in [1.54, 1.807) is 4.90 Å². The van der Waals surface area contributed by atoms with E-state index in [9.17, 15) is 14.4 Å². The number of carbonyl (C=O) groups is 3. The van der Waals surface area contributed by atoms with Crippen molar-refractivity contribution in [3.63, 3.8) is 0 Å². The van der Waals surface area contributed by atoms with Gasteiger partial charge in [0.2, 0.25) is 17.7 Å². The Kier molecular flexibility index (Phi) is 7.43. The molecule has 0 radical (unpaired) electrons. The smallest absolute Gasteiger partial charge is 0.242 e. The largest absolute Gasteiger partial charge is 0.347 e. The molecule has 26 heavy (non-hydrogen) atoms. The van der Waals surface area contributed by atoms with E-state index in [1.807, 2.05) is 25.7 Å². The zero-order valence-electron chi connectivity index (χ0n) is 16.6. The predicted molar refractivity (Wildman–Crippen MR) is 101 cm³/mol. The van der Waals surface area contributed by atoms with Crippen LogP contribution in [0.25, 0.3) is 0 Å². The number of rotatable bonds is 4. The number of likely N-dealkylation sites (tertiary alicyclic amines) is 1. The molecular weight excluding hydrogens is 332 g/mol. The second-order valence-electron chi connectivity index (χ2n) is 8.38. The van der Waals surface area contributed by atoms with Crippen LogP contribution in [0.4, 0.5) is 0 Å². The van der Waals surface area contributed by atoms with Gasteiger partial charge in [-0.25, -0.2) is 0 Å². The van der Waals surface area contributed by atoms with Gasteiger partial charge < -0.3 is 15.1 Å². The summed E-state index contributed by atoms with van der Waals surface area (Å²) in [6, 6.07) is 0. The Morgan fingerprint density at radius 1 is 0.769 bits per heavy atom. The predicted octanol–water partition coefficient (Wildman–Crippen LogP) is 0.696. The number of hydrogen-bond donors (Lipinski definition) is 1. The SMILES string of the molecule is CC(C)(C)C(=O)NCC(=O)N1CCN(CC(=O)N2CCCCCC2)CC1. The van der Waals surface area contributed by atoms with E-state index in [-0.39, 0.29) is 24.3 Å². The molecule has 0 spiro atoms. The fraction of sp³-hybridized carbons (Fsp3) is 0.842. The molecule has 0 unspecified atom stereocenters. The van der Waals surface area contributed by atoms with Crippen molar-refractivity contribution in [1.82, 2.24) is 20.0 Å². The Balaban J connectivity index is 1.70. The average molecular weight is 367 g/mol. The van der Waals surface area contributed by atoms with Crippen molar-refractivity contribution in [2.45, 2.75) is 46.5 Å². The molecule has 0 aromatic heterocycles. The summed E-state index contributed by atoms with van der Waals surface area (Å²) >= 11 is 0. The van der Waals surface area contributed by atoms with Gasteiger partial charge in [0.05, 0.1) is 13.1 Å². The van der Waals surface area contributed by atoms with Crippen LogP contribution in [0, 0.1) is 5.41 Å². The minimum atomic E-state index is -0.493. The van der Waals surface area contributed by atoms with Crippen LogP contribution >= 0.6 is 0 Å². The highest BCUT2D eigenvalue weighted by Crippen LogP contribution is 2.13. The Labute approximate surface area is 157 Å². The van der Waals surface area contributed by atoms with Gasteiger partial charge in [-0.2, -0.15) is 0 Å². The van der Waals surface area contributed by atoms with Gasteiger partial charge in [0.1, 0.15) is 0 Å². The molecule has 2 saturated heterocycles. The Bertz CT molecular complexity index is 499. The van der Waals surface area contributed by atoms with Crippen LogP contribution in [0.5, 0.6) is 0 Å². The summed E-state index contributed by atoms with van der Waals surface area (Å²) in [7, 11) is 0. The molecule has 0 atom stereocenters. The number of amides is 3. The zero-order valence-corrected chi connectivity index (χ0v) is 16.6. The third-order valence-electron chi connectivity index (χ3n) is 5.12. The molecule has 2 aliphatic rings. The van der Waals surface area contributed by atoms with Crippen LogP contribution in [0.1, 0.15) is 46.5 Å². The van der Waals surface area contributed by atoms with Gasteiger partial charge in [0.15, 0.2) is 0 Å². The standard InChI is InChI=1S/C19H34N4O3/c1-19(2,3)18(26)20-14-16(24)23-12-10-21(11-13-23)15-17(25)22-8-6-4-5-7-9-22/h4-15H2,1-3H3,(H,20,26). The molecule has 0 saturated carbocycles. The molecule has 0 bridgehead atoms. The molecule has 7 heteroatoms. The van der Waals surface area contributed by atoms with E-state index in [0.29, 0.717) is 32.7 Å². The summed E-state index contributed by atoms with van der Waals surface area (Å²) in [5.41, 5.74) is -0.493. The summed E-state index contributed by atoms with van der Waals surface area (Å²) in [4.78, 5) is 42.5. The van der Waals surface area contributed by atoms with Crippen molar-refractivity contribution in [2.24, 2.45) is 5.41 Å². The second-order valence-corrected chi connectivity index (χ2v) is 8.38. The third-order valence-corrected chi connectivity index (χ3v) is 5.12. The summed E-state index contributed by atoms with van der Waals surface area (Å²) in [6.45, 7) is 10.4. The topological polar surface area (TPSA) is 73.0 Å². The van der Waals surface area contributed by atoms with Gasteiger partial charge in [-0.15, -0.1) is 0 Å². The third kappa shape index (κ3) is 6.27. The lowest BCUT2D eigenvalue weighted by atomic mass is 9.96. The van der Waals surface area contributed by atoms with Crippen LogP contribution < -0.4 is 5.32 Å². The normalized spacial score (nSPS) is 19.8. The van der Waals surface area contributed by atoms with E-state index >= 15 is 0 Å². The highest BCUT2D eigenvalue weighted by atomic mass is 16.2. The first-order valence-corrected chi connectivity index (χ1v) is 9.83. The number of hydrogen-bond acceptors (Lipinski definition) is 4. The molecule has 2 heterocycles. The minimum Gasteiger partial charge on any atom is -0.347 e. The number of carbonyl (C=O) groups excluding carboxylic acids is 3. The Hall–Kier alpha value is -1.63. The molecule has 0 aliphatic carbocycles. The van der Waals surface area contributed by atoms with Crippen LogP contribution in [0.3, 0.4) is 0 Å². The maximum absolute atomic E-state index is 12.5. The van der Waals surface area contributed by atoms with E-state index in [2.05, 4.69) is 10.2 Å². The first-order valence-electron chi connectivity index (χ1n) is 9.83.